The van der Waals surface area contributed by atoms with Crippen LogP contribution in [0.3, 0.4) is 0 Å². The van der Waals surface area contributed by atoms with Gasteiger partial charge in [-0.3, -0.25) is 4.79 Å². The molecule has 0 bridgehead atoms. The molecule has 108 valence electrons. The maximum Gasteiger partial charge on any atom is 0.251 e. The molecule has 0 saturated heterocycles. The number of hydrogen-bond donors (Lipinski definition) is 1. The normalized spacial score (nSPS) is 15.2. The summed E-state index contributed by atoms with van der Waals surface area (Å²) in [6, 6.07) is 12.1. The minimum absolute atomic E-state index is 0.0382. The maximum atomic E-state index is 12.9. The van der Waals surface area contributed by atoms with E-state index in [-0.39, 0.29) is 17.1 Å². The molecule has 21 heavy (non-hydrogen) atoms. The minimum atomic E-state index is -0.254. The van der Waals surface area contributed by atoms with E-state index in [1.807, 2.05) is 18.2 Å². The summed E-state index contributed by atoms with van der Waals surface area (Å²) in [5.74, 6) is -0.293. The molecule has 0 saturated carbocycles. The van der Waals surface area contributed by atoms with Crippen LogP contribution in [0, 0.1) is 5.82 Å². The van der Waals surface area contributed by atoms with E-state index in [0.29, 0.717) is 18.5 Å². The molecule has 1 N–H and O–H groups in total. The Morgan fingerprint density at radius 2 is 1.95 bits per heavy atom. The van der Waals surface area contributed by atoms with Gasteiger partial charge in [0.15, 0.2) is 0 Å². The monoisotopic (exact) mass is 303 g/mol. The summed E-state index contributed by atoms with van der Waals surface area (Å²) in [4.78, 5) is 11.9. The Kier molecular flexibility index (Phi) is 3.93. The van der Waals surface area contributed by atoms with Crippen molar-refractivity contribution in [3.8, 4) is 0 Å². The molecule has 4 heteroatoms. The van der Waals surface area contributed by atoms with Crippen LogP contribution in [0.5, 0.6) is 0 Å². The fourth-order valence-electron chi connectivity index (χ4n) is 2.57. The highest BCUT2D eigenvalue weighted by Crippen LogP contribution is 2.28. The van der Waals surface area contributed by atoms with Gasteiger partial charge in [-0.2, -0.15) is 0 Å². The van der Waals surface area contributed by atoms with Crippen LogP contribution >= 0.6 is 11.6 Å². The average Bonchev–Trinajstić information content (AvgIpc) is 2.50. The summed E-state index contributed by atoms with van der Waals surface area (Å²) in [7, 11) is 0. The highest BCUT2D eigenvalue weighted by atomic mass is 35.5. The lowest BCUT2D eigenvalue weighted by Crippen LogP contribution is -2.31. The van der Waals surface area contributed by atoms with E-state index in [0.717, 1.165) is 23.1 Å². The van der Waals surface area contributed by atoms with Gasteiger partial charge in [0, 0.05) is 12.1 Å². The van der Waals surface area contributed by atoms with E-state index >= 15 is 0 Å². The standard InChI is InChI=1S/C17H15ClFNO/c18-16(9-11-1-5-14(19)6-2-11)13-4-3-12-7-8-20-17(21)15(12)10-13/h1-6,10,16H,7-9H2,(H,20,21). The molecule has 0 aliphatic carbocycles. The van der Waals surface area contributed by atoms with E-state index in [4.69, 9.17) is 11.6 Å². The molecule has 0 radical (unpaired) electrons. The molecule has 1 aliphatic rings. The van der Waals surface area contributed by atoms with Crippen LogP contribution in [0.25, 0.3) is 0 Å². The lowest BCUT2D eigenvalue weighted by molar-refractivity contribution is 0.0946. The number of hydrogen-bond acceptors (Lipinski definition) is 1. The van der Waals surface area contributed by atoms with Gasteiger partial charge < -0.3 is 5.32 Å². The summed E-state index contributed by atoms with van der Waals surface area (Å²) in [6.07, 6.45) is 1.45. The molecule has 3 rings (SSSR count). The van der Waals surface area contributed by atoms with Crippen molar-refractivity contribution < 1.29 is 9.18 Å². The van der Waals surface area contributed by atoms with Crippen molar-refractivity contribution in [2.24, 2.45) is 0 Å². The highest BCUT2D eigenvalue weighted by Gasteiger charge is 2.19. The SMILES string of the molecule is O=C1NCCc2ccc(C(Cl)Cc3ccc(F)cc3)cc21. The third kappa shape index (κ3) is 3.08. The largest absolute Gasteiger partial charge is 0.352 e. The number of carbonyl (C=O) groups excluding carboxylic acids is 1. The molecular weight excluding hydrogens is 289 g/mol. The van der Waals surface area contributed by atoms with Crippen LogP contribution in [0.4, 0.5) is 4.39 Å². The van der Waals surface area contributed by atoms with Crippen molar-refractivity contribution >= 4 is 17.5 Å². The van der Waals surface area contributed by atoms with Crippen LogP contribution in [-0.2, 0) is 12.8 Å². The van der Waals surface area contributed by atoms with Crippen molar-refractivity contribution in [1.29, 1.82) is 0 Å². The molecule has 1 unspecified atom stereocenters. The zero-order valence-electron chi connectivity index (χ0n) is 11.4. The predicted octanol–water partition coefficient (Wildman–Crippen LogP) is 3.63. The van der Waals surface area contributed by atoms with Gasteiger partial charge in [0.25, 0.3) is 5.91 Å². The summed E-state index contributed by atoms with van der Waals surface area (Å²) in [6.45, 7) is 0.686. The zero-order valence-corrected chi connectivity index (χ0v) is 12.2. The molecule has 1 aliphatic heterocycles. The number of fused-ring (bicyclic) bond motifs is 1. The molecule has 1 heterocycles. The van der Waals surface area contributed by atoms with Crippen molar-refractivity contribution in [2.75, 3.05) is 6.54 Å². The van der Waals surface area contributed by atoms with Crippen molar-refractivity contribution in [3.63, 3.8) is 0 Å². The first-order valence-corrected chi connectivity index (χ1v) is 7.36. The Morgan fingerprint density at radius 1 is 1.19 bits per heavy atom. The van der Waals surface area contributed by atoms with Gasteiger partial charge in [0.05, 0.1) is 5.38 Å². The van der Waals surface area contributed by atoms with Crippen LogP contribution < -0.4 is 5.32 Å². The zero-order chi connectivity index (χ0) is 14.8. The van der Waals surface area contributed by atoms with E-state index in [1.165, 1.54) is 12.1 Å². The van der Waals surface area contributed by atoms with Gasteiger partial charge in [-0.25, -0.2) is 4.39 Å². The lowest BCUT2D eigenvalue weighted by atomic mass is 9.95. The second-order valence-corrected chi connectivity index (χ2v) is 5.75. The van der Waals surface area contributed by atoms with Crippen molar-refractivity contribution in [1.82, 2.24) is 5.32 Å². The predicted molar refractivity (Wildman–Crippen MR) is 81.2 cm³/mol. The fourth-order valence-corrected chi connectivity index (χ4v) is 2.88. The fraction of sp³-hybridized carbons (Fsp3) is 0.235. The summed E-state index contributed by atoms with van der Waals surface area (Å²) in [5, 5.41) is 2.60. The molecule has 0 spiro atoms. The number of carbonyl (C=O) groups is 1. The lowest BCUT2D eigenvalue weighted by Gasteiger charge is -2.18. The number of benzene rings is 2. The number of nitrogens with one attached hydrogen (secondary N) is 1. The molecule has 1 amide bonds. The molecule has 2 aromatic carbocycles. The smallest absolute Gasteiger partial charge is 0.251 e. The van der Waals surface area contributed by atoms with Crippen LogP contribution in [-0.4, -0.2) is 12.5 Å². The second-order valence-electron chi connectivity index (χ2n) is 5.22. The second kappa shape index (κ2) is 5.86. The summed E-state index contributed by atoms with van der Waals surface area (Å²) in [5.41, 5.74) is 3.66. The minimum Gasteiger partial charge on any atom is -0.352 e. The first kappa shape index (κ1) is 14.1. The van der Waals surface area contributed by atoms with Gasteiger partial charge in [-0.15, -0.1) is 11.6 Å². The molecule has 2 aromatic rings. The van der Waals surface area contributed by atoms with Crippen LogP contribution in [0.2, 0.25) is 0 Å². The van der Waals surface area contributed by atoms with Gasteiger partial charge >= 0.3 is 0 Å². The summed E-state index contributed by atoms with van der Waals surface area (Å²) < 4.78 is 12.9. The van der Waals surface area contributed by atoms with Gasteiger partial charge in [-0.05, 0) is 47.7 Å². The summed E-state index contributed by atoms with van der Waals surface area (Å²) >= 11 is 6.45. The van der Waals surface area contributed by atoms with Gasteiger partial charge in [0.1, 0.15) is 5.82 Å². The first-order chi connectivity index (χ1) is 10.1. The van der Waals surface area contributed by atoms with E-state index < -0.39 is 0 Å². The van der Waals surface area contributed by atoms with Crippen molar-refractivity contribution in [2.45, 2.75) is 18.2 Å². The molecule has 2 nitrogen and oxygen atoms in total. The van der Waals surface area contributed by atoms with Crippen molar-refractivity contribution in [3.05, 3.63) is 70.5 Å². The Hall–Kier alpha value is -1.87. The number of amides is 1. The Balaban J connectivity index is 1.81. The van der Waals surface area contributed by atoms with Gasteiger partial charge in [-0.1, -0.05) is 24.3 Å². The number of rotatable bonds is 3. The van der Waals surface area contributed by atoms with Crippen LogP contribution in [0.15, 0.2) is 42.5 Å². The Bertz CT molecular complexity index is 669. The van der Waals surface area contributed by atoms with E-state index in [1.54, 1.807) is 12.1 Å². The number of halogens is 2. The molecular formula is C17H15ClFNO. The number of alkyl halides is 1. The quantitative estimate of drug-likeness (QED) is 0.862. The third-order valence-electron chi connectivity index (χ3n) is 3.75. The van der Waals surface area contributed by atoms with Crippen LogP contribution in [0.1, 0.15) is 32.4 Å². The topological polar surface area (TPSA) is 29.1 Å². The van der Waals surface area contributed by atoms with E-state index in [2.05, 4.69) is 5.32 Å². The average molecular weight is 304 g/mol. The Labute approximate surface area is 127 Å². The highest BCUT2D eigenvalue weighted by molar-refractivity contribution is 6.21. The molecule has 1 atom stereocenters. The molecule has 0 aromatic heterocycles. The maximum absolute atomic E-state index is 12.9. The first-order valence-electron chi connectivity index (χ1n) is 6.93. The third-order valence-corrected chi connectivity index (χ3v) is 4.15. The van der Waals surface area contributed by atoms with E-state index in [9.17, 15) is 9.18 Å². The Morgan fingerprint density at radius 3 is 2.71 bits per heavy atom. The molecule has 0 fully saturated rings. The van der Waals surface area contributed by atoms with Gasteiger partial charge in [0.2, 0.25) is 0 Å².